The van der Waals surface area contributed by atoms with Crippen LogP contribution in [-0.2, 0) is 14.3 Å². The fraction of sp³-hybridized carbons (Fsp3) is 0.818. The third kappa shape index (κ3) is 3.90. The molecule has 0 aromatic rings. The summed E-state index contributed by atoms with van der Waals surface area (Å²) in [4.78, 5) is 22.5. The van der Waals surface area contributed by atoms with Gasteiger partial charge in [-0.3, -0.25) is 9.59 Å². The molecule has 0 rings (SSSR count). The molecule has 0 fully saturated rings. The Morgan fingerprint density at radius 1 is 1.33 bits per heavy atom. The summed E-state index contributed by atoms with van der Waals surface area (Å²) in [5.74, 6) is -2.75. The number of carboxylic acid groups (broad SMARTS) is 1. The van der Waals surface area contributed by atoms with Crippen molar-refractivity contribution in [2.75, 3.05) is 6.61 Å². The lowest BCUT2D eigenvalue weighted by Crippen LogP contribution is -2.38. The summed E-state index contributed by atoms with van der Waals surface area (Å²) in [5.41, 5.74) is -0.460. The Hall–Kier alpha value is -1.06. The molecule has 0 aliphatic rings. The third-order valence-electron chi connectivity index (χ3n) is 2.36. The van der Waals surface area contributed by atoms with Crippen LogP contribution in [0.5, 0.6) is 0 Å². The van der Waals surface area contributed by atoms with E-state index in [1.165, 1.54) is 0 Å². The molecule has 88 valence electrons. The van der Waals surface area contributed by atoms with Gasteiger partial charge in [-0.25, -0.2) is 0 Å². The Labute approximate surface area is 90.6 Å². The average Bonchev–Trinajstić information content (AvgIpc) is 2.00. The molecule has 4 nitrogen and oxygen atoms in total. The summed E-state index contributed by atoms with van der Waals surface area (Å²) in [6.45, 7) is 9.00. The van der Waals surface area contributed by atoms with Crippen molar-refractivity contribution in [2.24, 2.45) is 17.3 Å². The Balaban J connectivity index is 4.79. The van der Waals surface area contributed by atoms with Gasteiger partial charge in [0, 0.05) is 0 Å². The highest BCUT2D eigenvalue weighted by atomic mass is 16.5. The second-order valence-electron chi connectivity index (χ2n) is 4.72. The quantitative estimate of drug-likeness (QED) is 0.729. The second-order valence-corrected chi connectivity index (χ2v) is 4.72. The van der Waals surface area contributed by atoms with Gasteiger partial charge in [-0.2, -0.15) is 0 Å². The molecule has 2 unspecified atom stereocenters. The highest BCUT2D eigenvalue weighted by Gasteiger charge is 2.39. The minimum Gasteiger partial charge on any atom is -0.481 e. The number of carboxylic acids is 1. The number of ether oxygens (including phenoxy) is 1. The number of aliphatic carboxylic acids is 1. The maximum atomic E-state index is 11.5. The summed E-state index contributed by atoms with van der Waals surface area (Å²) in [5, 5.41) is 9.09. The summed E-state index contributed by atoms with van der Waals surface area (Å²) in [6, 6.07) is 0. The topological polar surface area (TPSA) is 63.6 Å². The fourth-order valence-electron chi connectivity index (χ4n) is 1.74. The molecule has 0 saturated heterocycles. The molecule has 2 atom stereocenters. The molecule has 0 radical (unpaired) electrons. The Bertz CT molecular complexity index is 239. The van der Waals surface area contributed by atoms with Gasteiger partial charge in [-0.15, -0.1) is 0 Å². The van der Waals surface area contributed by atoms with E-state index in [-0.39, 0.29) is 6.61 Å². The number of carbonyl (C=O) groups excluding carboxylic acids is 1. The maximum absolute atomic E-state index is 11.5. The minimum absolute atomic E-state index is 0.277. The van der Waals surface area contributed by atoms with Gasteiger partial charge in [0.2, 0.25) is 0 Å². The number of hydrogen-bond donors (Lipinski definition) is 1. The summed E-state index contributed by atoms with van der Waals surface area (Å²) in [7, 11) is 0. The van der Waals surface area contributed by atoms with Crippen molar-refractivity contribution in [3.63, 3.8) is 0 Å². The Morgan fingerprint density at radius 2 is 1.80 bits per heavy atom. The van der Waals surface area contributed by atoms with Gasteiger partial charge in [0.25, 0.3) is 0 Å². The van der Waals surface area contributed by atoms with Gasteiger partial charge in [0.15, 0.2) is 0 Å². The molecule has 0 heterocycles. The van der Waals surface area contributed by atoms with Crippen LogP contribution in [0.4, 0.5) is 0 Å². The van der Waals surface area contributed by atoms with Crippen LogP contribution in [0.2, 0.25) is 0 Å². The fourth-order valence-corrected chi connectivity index (χ4v) is 1.74. The highest BCUT2D eigenvalue weighted by molar-refractivity contribution is 5.81. The van der Waals surface area contributed by atoms with Gasteiger partial charge in [0.1, 0.15) is 0 Å². The van der Waals surface area contributed by atoms with Gasteiger partial charge in [-0.1, -0.05) is 27.7 Å². The minimum atomic E-state index is -0.956. The molecular formula is C11H20O4. The molecule has 0 bridgehead atoms. The molecule has 1 N–H and O–H groups in total. The van der Waals surface area contributed by atoms with E-state index in [0.29, 0.717) is 0 Å². The molecule has 0 amide bonds. The van der Waals surface area contributed by atoms with E-state index in [9.17, 15) is 9.59 Å². The van der Waals surface area contributed by atoms with Crippen LogP contribution >= 0.6 is 0 Å². The number of esters is 1. The number of carbonyl (C=O) groups is 2. The molecule has 0 aliphatic carbocycles. The molecule has 15 heavy (non-hydrogen) atoms. The van der Waals surface area contributed by atoms with E-state index >= 15 is 0 Å². The largest absolute Gasteiger partial charge is 0.481 e. The molecular weight excluding hydrogens is 196 g/mol. The van der Waals surface area contributed by atoms with Crippen molar-refractivity contribution < 1.29 is 19.4 Å². The van der Waals surface area contributed by atoms with Crippen LogP contribution in [0.25, 0.3) is 0 Å². The monoisotopic (exact) mass is 216 g/mol. The normalized spacial score (nSPS) is 15.5. The molecule has 0 saturated carbocycles. The second kappa shape index (κ2) is 5.14. The smallest absolute Gasteiger partial charge is 0.309 e. The van der Waals surface area contributed by atoms with Gasteiger partial charge >= 0.3 is 11.9 Å². The first kappa shape index (κ1) is 13.9. The molecule has 4 heteroatoms. The van der Waals surface area contributed by atoms with Crippen molar-refractivity contribution in [3.05, 3.63) is 0 Å². The molecule has 0 aromatic heterocycles. The van der Waals surface area contributed by atoms with E-state index in [4.69, 9.17) is 9.84 Å². The first-order chi connectivity index (χ1) is 6.71. The lowest BCUT2D eigenvalue weighted by Gasteiger charge is -2.30. The molecule has 0 aliphatic heterocycles. The number of hydrogen-bond acceptors (Lipinski definition) is 3. The summed E-state index contributed by atoms with van der Waals surface area (Å²) >= 11 is 0. The van der Waals surface area contributed by atoms with E-state index < -0.39 is 29.2 Å². The lowest BCUT2D eigenvalue weighted by atomic mass is 9.74. The van der Waals surface area contributed by atoms with Crippen LogP contribution < -0.4 is 0 Å². The zero-order valence-corrected chi connectivity index (χ0v) is 10.0. The van der Waals surface area contributed by atoms with Crippen molar-refractivity contribution in [2.45, 2.75) is 34.6 Å². The van der Waals surface area contributed by atoms with Crippen LogP contribution in [0, 0.1) is 17.3 Å². The van der Waals surface area contributed by atoms with Crippen molar-refractivity contribution >= 4 is 11.9 Å². The predicted molar refractivity (Wildman–Crippen MR) is 56.4 cm³/mol. The van der Waals surface area contributed by atoms with Gasteiger partial charge in [-0.05, 0) is 12.3 Å². The first-order valence-electron chi connectivity index (χ1n) is 5.11. The van der Waals surface area contributed by atoms with E-state index in [2.05, 4.69) is 0 Å². The van der Waals surface area contributed by atoms with Crippen LogP contribution in [0.15, 0.2) is 0 Å². The first-order valence-corrected chi connectivity index (χ1v) is 5.11. The zero-order chi connectivity index (χ0) is 12.2. The van der Waals surface area contributed by atoms with Crippen molar-refractivity contribution in [1.82, 2.24) is 0 Å². The van der Waals surface area contributed by atoms with E-state index in [0.717, 1.165) is 0 Å². The van der Waals surface area contributed by atoms with Crippen LogP contribution in [-0.4, -0.2) is 23.7 Å². The Kier molecular flexibility index (Phi) is 4.78. The van der Waals surface area contributed by atoms with Crippen LogP contribution in [0.3, 0.4) is 0 Å². The van der Waals surface area contributed by atoms with Gasteiger partial charge < -0.3 is 9.84 Å². The average molecular weight is 216 g/mol. The maximum Gasteiger partial charge on any atom is 0.309 e. The van der Waals surface area contributed by atoms with E-state index in [1.54, 1.807) is 13.8 Å². The van der Waals surface area contributed by atoms with Crippen molar-refractivity contribution in [1.29, 1.82) is 0 Å². The predicted octanol–water partition coefficient (Wildman–Crippen LogP) is 1.93. The standard InChI is InChI=1S/C11H20O4/c1-6-15-10(14)7(2)8(9(12)13)11(3,4)5/h7-8H,6H2,1-5H3,(H,12,13). The Morgan fingerprint density at radius 3 is 2.07 bits per heavy atom. The molecule has 0 spiro atoms. The zero-order valence-electron chi connectivity index (χ0n) is 10.0. The summed E-state index contributed by atoms with van der Waals surface area (Å²) in [6.07, 6.45) is 0. The SMILES string of the molecule is CCOC(=O)C(C)C(C(=O)O)C(C)(C)C. The molecule has 0 aromatic carbocycles. The lowest BCUT2D eigenvalue weighted by molar-refractivity contribution is -0.160. The highest BCUT2D eigenvalue weighted by Crippen LogP contribution is 2.32. The van der Waals surface area contributed by atoms with Crippen LogP contribution in [0.1, 0.15) is 34.6 Å². The number of rotatable bonds is 4. The van der Waals surface area contributed by atoms with Crippen molar-refractivity contribution in [3.8, 4) is 0 Å². The van der Waals surface area contributed by atoms with Gasteiger partial charge in [0.05, 0.1) is 18.4 Å². The summed E-state index contributed by atoms with van der Waals surface area (Å²) < 4.78 is 4.83. The van der Waals surface area contributed by atoms with E-state index in [1.807, 2.05) is 20.8 Å². The third-order valence-corrected chi connectivity index (χ3v) is 2.36.